The fourth-order valence-electron chi connectivity index (χ4n) is 1.76. The highest BCUT2D eigenvalue weighted by Gasteiger charge is 2.08. The average Bonchev–Trinajstić information content (AvgIpc) is 2.46. The summed E-state index contributed by atoms with van der Waals surface area (Å²) in [7, 11) is 0. The first kappa shape index (κ1) is 16.8. The molecule has 0 aliphatic heterocycles. The molecule has 5 nitrogen and oxygen atoms in total. The summed E-state index contributed by atoms with van der Waals surface area (Å²) in [6.45, 7) is 8.34. The van der Waals surface area contributed by atoms with Crippen molar-refractivity contribution in [2.75, 3.05) is 44.4 Å². The zero-order valence-corrected chi connectivity index (χ0v) is 13.0. The van der Waals surface area contributed by atoms with E-state index in [0.29, 0.717) is 37.1 Å². The van der Waals surface area contributed by atoms with Gasteiger partial charge in [-0.25, -0.2) is 0 Å². The third-order valence-corrected chi connectivity index (χ3v) is 2.99. The van der Waals surface area contributed by atoms with Crippen LogP contribution >= 0.6 is 12.2 Å². The second-order valence-electron chi connectivity index (χ2n) is 4.14. The molecule has 1 aromatic rings. The van der Waals surface area contributed by atoms with Crippen molar-refractivity contribution < 1.29 is 9.47 Å². The van der Waals surface area contributed by atoms with Crippen molar-refractivity contribution in [1.29, 1.82) is 0 Å². The molecule has 0 aliphatic carbocycles. The number of nitrogens with zero attached hydrogens (tertiary/aromatic N) is 2. The molecule has 112 valence electrons. The lowest BCUT2D eigenvalue weighted by Crippen LogP contribution is -2.31. The van der Waals surface area contributed by atoms with E-state index in [4.69, 9.17) is 27.4 Å². The van der Waals surface area contributed by atoms with E-state index in [1.165, 1.54) is 0 Å². The maximum atomic E-state index is 5.63. The smallest absolute Gasteiger partial charge is 0.122 e. The third kappa shape index (κ3) is 5.81. The Morgan fingerprint density at radius 3 is 2.35 bits per heavy atom. The summed E-state index contributed by atoms with van der Waals surface area (Å²) in [5.41, 5.74) is 7.29. The van der Waals surface area contributed by atoms with Crippen molar-refractivity contribution in [2.45, 2.75) is 13.8 Å². The van der Waals surface area contributed by atoms with Gasteiger partial charge in [-0.1, -0.05) is 12.2 Å². The molecule has 1 aromatic heterocycles. The number of nitrogens with two attached hydrogens (primary N) is 1. The highest BCUT2D eigenvalue weighted by atomic mass is 32.1. The maximum absolute atomic E-state index is 5.63. The highest BCUT2D eigenvalue weighted by Crippen LogP contribution is 2.14. The van der Waals surface area contributed by atoms with E-state index < -0.39 is 0 Å². The molecular formula is C14H23N3O2S. The average molecular weight is 297 g/mol. The standard InChI is InChI=1S/C14H23N3O2S/c1-3-18-9-7-17(8-10-19-4-2)12-5-6-16-13(11-12)14(15)20/h5-6,11H,3-4,7-10H2,1-2H3,(H2,15,20). The topological polar surface area (TPSA) is 60.6 Å². The normalized spacial score (nSPS) is 10.5. The lowest BCUT2D eigenvalue weighted by Gasteiger charge is -2.25. The predicted molar refractivity (Wildman–Crippen MR) is 85.3 cm³/mol. The lowest BCUT2D eigenvalue weighted by molar-refractivity contribution is 0.141. The molecule has 20 heavy (non-hydrogen) atoms. The summed E-state index contributed by atoms with van der Waals surface area (Å²) in [6, 6.07) is 3.85. The molecular weight excluding hydrogens is 274 g/mol. The fraction of sp³-hybridized carbons (Fsp3) is 0.571. The van der Waals surface area contributed by atoms with E-state index in [1.807, 2.05) is 26.0 Å². The molecule has 0 atom stereocenters. The second kappa shape index (κ2) is 9.63. The Labute approximate surface area is 126 Å². The molecule has 1 heterocycles. The van der Waals surface area contributed by atoms with Gasteiger partial charge >= 0.3 is 0 Å². The number of aromatic nitrogens is 1. The Bertz CT molecular complexity index is 405. The van der Waals surface area contributed by atoms with Gasteiger partial charge in [-0.15, -0.1) is 0 Å². The highest BCUT2D eigenvalue weighted by molar-refractivity contribution is 7.80. The molecule has 0 unspecified atom stereocenters. The number of thiocarbonyl (C=S) groups is 1. The van der Waals surface area contributed by atoms with Crippen LogP contribution in [0, 0.1) is 0 Å². The van der Waals surface area contributed by atoms with Gasteiger partial charge in [0.2, 0.25) is 0 Å². The van der Waals surface area contributed by atoms with Crippen LogP contribution in [0.3, 0.4) is 0 Å². The van der Waals surface area contributed by atoms with E-state index in [9.17, 15) is 0 Å². The molecule has 0 amide bonds. The van der Waals surface area contributed by atoms with E-state index in [1.54, 1.807) is 6.20 Å². The molecule has 0 saturated heterocycles. The van der Waals surface area contributed by atoms with Crippen molar-refractivity contribution >= 4 is 22.9 Å². The Balaban J connectivity index is 2.73. The molecule has 0 saturated carbocycles. The maximum Gasteiger partial charge on any atom is 0.122 e. The Hall–Kier alpha value is -1.24. The van der Waals surface area contributed by atoms with E-state index >= 15 is 0 Å². The zero-order valence-electron chi connectivity index (χ0n) is 12.2. The van der Waals surface area contributed by atoms with Gasteiger partial charge in [0.05, 0.1) is 18.9 Å². The van der Waals surface area contributed by atoms with Gasteiger partial charge in [0, 0.05) is 38.2 Å². The van der Waals surface area contributed by atoms with Crippen LogP contribution in [0.25, 0.3) is 0 Å². The summed E-state index contributed by atoms with van der Waals surface area (Å²) in [6.07, 6.45) is 1.72. The van der Waals surface area contributed by atoms with Gasteiger partial charge in [0.25, 0.3) is 0 Å². The first-order valence-electron chi connectivity index (χ1n) is 6.85. The van der Waals surface area contributed by atoms with Crippen LogP contribution in [0.1, 0.15) is 19.5 Å². The van der Waals surface area contributed by atoms with Crippen molar-refractivity contribution in [1.82, 2.24) is 4.98 Å². The van der Waals surface area contributed by atoms with Crippen LogP contribution in [0.5, 0.6) is 0 Å². The van der Waals surface area contributed by atoms with Gasteiger partial charge in [-0.2, -0.15) is 0 Å². The van der Waals surface area contributed by atoms with Crippen molar-refractivity contribution in [3.63, 3.8) is 0 Å². The number of hydrogen-bond donors (Lipinski definition) is 1. The lowest BCUT2D eigenvalue weighted by atomic mass is 10.3. The monoisotopic (exact) mass is 297 g/mol. The Morgan fingerprint density at radius 1 is 1.25 bits per heavy atom. The molecule has 0 spiro atoms. The van der Waals surface area contributed by atoms with Crippen LogP contribution in [0.4, 0.5) is 5.69 Å². The molecule has 0 radical (unpaired) electrons. The molecule has 0 fully saturated rings. The van der Waals surface area contributed by atoms with E-state index in [-0.39, 0.29) is 0 Å². The summed E-state index contributed by atoms with van der Waals surface area (Å²) in [4.78, 5) is 6.65. The van der Waals surface area contributed by atoms with Crippen LogP contribution in [-0.2, 0) is 9.47 Å². The Morgan fingerprint density at radius 2 is 1.85 bits per heavy atom. The Kier molecular flexibility index (Phi) is 8.10. The third-order valence-electron chi connectivity index (χ3n) is 2.78. The summed E-state index contributed by atoms with van der Waals surface area (Å²) >= 11 is 4.97. The van der Waals surface area contributed by atoms with Crippen molar-refractivity contribution in [3.8, 4) is 0 Å². The fourth-order valence-corrected chi connectivity index (χ4v) is 1.87. The minimum absolute atomic E-state index is 0.307. The number of anilines is 1. The van der Waals surface area contributed by atoms with Gasteiger partial charge in [-0.3, -0.25) is 4.98 Å². The number of hydrogen-bond acceptors (Lipinski definition) is 5. The molecule has 0 aromatic carbocycles. The number of pyridine rings is 1. The first-order valence-corrected chi connectivity index (χ1v) is 7.26. The SMILES string of the molecule is CCOCCN(CCOCC)c1ccnc(C(N)=S)c1. The summed E-state index contributed by atoms with van der Waals surface area (Å²) < 4.78 is 10.8. The van der Waals surface area contributed by atoms with E-state index in [2.05, 4.69) is 9.88 Å². The zero-order chi connectivity index (χ0) is 14.8. The minimum atomic E-state index is 0.307. The van der Waals surface area contributed by atoms with Gasteiger partial charge in [0.15, 0.2) is 0 Å². The van der Waals surface area contributed by atoms with Crippen LogP contribution in [-0.4, -0.2) is 49.5 Å². The summed E-state index contributed by atoms with van der Waals surface area (Å²) in [5, 5.41) is 0. The van der Waals surface area contributed by atoms with Crippen molar-refractivity contribution in [3.05, 3.63) is 24.0 Å². The van der Waals surface area contributed by atoms with Gasteiger partial charge in [0.1, 0.15) is 4.99 Å². The molecule has 0 aliphatic rings. The molecule has 6 heteroatoms. The molecule has 2 N–H and O–H groups in total. The van der Waals surface area contributed by atoms with Gasteiger partial charge in [-0.05, 0) is 26.0 Å². The number of ether oxygens (including phenoxy) is 2. The van der Waals surface area contributed by atoms with Gasteiger partial charge < -0.3 is 20.1 Å². The predicted octanol–water partition coefficient (Wildman–Crippen LogP) is 1.60. The summed E-state index contributed by atoms with van der Waals surface area (Å²) in [5.74, 6) is 0. The second-order valence-corrected chi connectivity index (χ2v) is 4.58. The first-order chi connectivity index (χ1) is 9.69. The van der Waals surface area contributed by atoms with Crippen LogP contribution in [0.2, 0.25) is 0 Å². The van der Waals surface area contributed by atoms with Crippen LogP contribution < -0.4 is 10.6 Å². The quantitative estimate of drug-likeness (QED) is 0.523. The van der Waals surface area contributed by atoms with Crippen molar-refractivity contribution in [2.24, 2.45) is 5.73 Å². The minimum Gasteiger partial charge on any atom is -0.388 e. The van der Waals surface area contributed by atoms with Crippen LogP contribution in [0.15, 0.2) is 18.3 Å². The largest absolute Gasteiger partial charge is 0.388 e. The molecule has 1 rings (SSSR count). The number of rotatable bonds is 10. The molecule has 0 bridgehead atoms. The van der Waals surface area contributed by atoms with E-state index in [0.717, 1.165) is 18.8 Å².